The number of hydrogen-bond acceptors (Lipinski definition) is 1. The van der Waals surface area contributed by atoms with Crippen LogP contribution < -0.4 is 5.69 Å². The van der Waals surface area contributed by atoms with Crippen LogP contribution in [-0.4, -0.2) is 14.5 Å². The minimum Gasteiger partial charge on any atom is -0.300 e. The zero-order valence-corrected chi connectivity index (χ0v) is 11.2. The third-order valence-electron chi connectivity index (χ3n) is 2.83. The molecule has 15 heavy (non-hydrogen) atoms. The Hall–Kier alpha value is -0.510. The van der Waals surface area contributed by atoms with Crippen LogP contribution in [0, 0.1) is 11.8 Å². The van der Waals surface area contributed by atoms with Gasteiger partial charge in [-0.3, -0.25) is 9.13 Å². The summed E-state index contributed by atoms with van der Waals surface area (Å²) in [6.45, 7) is 7.90. The first kappa shape index (κ1) is 12.6. The van der Waals surface area contributed by atoms with Crippen LogP contribution in [0.2, 0.25) is 0 Å². The quantitative estimate of drug-likeness (QED) is 0.758. The van der Waals surface area contributed by atoms with Crippen molar-refractivity contribution in [3.05, 3.63) is 22.9 Å². The van der Waals surface area contributed by atoms with Crippen molar-refractivity contribution < 1.29 is 0 Å². The van der Waals surface area contributed by atoms with E-state index in [4.69, 9.17) is 0 Å². The molecule has 0 fully saturated rings. The number of aromatic nitrogens is 2. The molecular weight excluding hydrogens is 256 g/mol. The third kappa shape index (κ3) is 2.97. The maximum absolute atomic E-state index is 11.8. The summed E-state index contributed by atoms with van der Waals surface area (Å²) in [6, 6.07) is 0. The lowest BCUT2D eigenvalue weighted by atomic mass is 9.98. The van der Waals surface area contributed by atoms with E-state index in [9.17, 15) is 4.79 Å². The van der Waals surface area contributed by atoms with Gasteiger partial charge in [-0.1, -0.05) is 29.8 Å². The van der Waals surface area contributed by atoms with Gasteiger partial charge < -0.3 is 0 Å². The van der Waals surface area contributed by atoms with Crippen molar-refractivity contribution >= 4 is 15.9 Å². The molecule has 0 saturated carbocycles. The maximum atomic E-state index is 11.8. The van der Waals surface area contributed by atoms with Gasteiger partial charge in [-0.25, -0.2) is 4.79 Å². The molecule has 0 bridgehead atoms. The summed E-state index contributed by atoms with van der Waals surface area (Å²) in [5.74, 6) is 1.09. The maximum Gasteiger partial charge on any atom is 0.328 e. The van der Waals surface area contributed by atoms with E-state index < -0.39 is 0 Å². The van der Waals surface area contributed by atoms with E-state index in [1.54, 1.807) is 9.13 Å². The van der Waals surface area contributed by atoms with Crippen LogP contribution in [0.3, 0.4) is 0 Å². The van der Waals surface area contributed by atoms with Crippen molar-refractivity contribution in [3.8, 4) is 0 Å². The zero-order chi connectivity index (χ0) is 11.4. The molecule has 0 spiro atoms. The summed E-state index contributed by atoms with van der Waals surface area (Å²) in [4.78, 5) is 11.8. The molecule has 0 saturated heterocycles. The zero-order valence-electron chi connectivity index (χ0n) is 9.61. The highest BCUT2D eigenvalue weighted by molar-refractivity contribution is 9.09. The fourth-order valence-corrected chi connectivity index (χ4v) is 2.48. The van der Waals surface area contributed by atoms with Gasteiger partial charge in [-0.2, -0.15) is 0 Å². The van der Waals surface area contributed by atoms with Gasteiger partial charge >= 0.3 is 5.69 Å². The Morgan fingerprint density at radius 2 is 1.93 bits per heavy atom. The van der Waals surface area contributed by atoms with Crippen LogP contribution in [-0.2, 0) is 13.1 Å². The SMILES string of the molecule is CCn1ccn(CC(CBr)C(C)C)c1=O. The number of nitrogens with zero attached hydrogens (tertiary/aromatic N) is 2. The van der Waals surface area contributed by atoms with Crippen LogP contribution in [0.4, 0.5) is 0 Å². The van der Waals surface area contributed by atoms with Crippen molar-refractivity contribution in [2.75, 3.05) is 5.33 Å². The molecule has 1 heterocycles. The minimum absolute atomic E-state index is 0.101. The minimum atomic E-state index is 0.101. The first-order valence-corrected chi connectivity index (χ1v) is 6.53. The van der Waals surface area contributed by atoms with E-state index in [-0.39, 0.29) is 5.69 Å². The summed E-state index contributed by atoms with van der Waals surface area (Å²) in [7, 11) is 0. The van der Waals surface area contributed by atoms with Gasteiger partial charge in [0.2, 0.25) is 0 Å². The predicted molar refractivity (Wildman–Crippen MR) is 66.5 cm³/mol. The van der Waals surface area contributed by atoms with Gasteiger partial charge in [-0.15, -0.1) is 0 Å². The molecule has 3 nitrogen and oxygen atoms in total. The highest BCUT2D eigenvalue weighted by Gasteiger charge is 2.14. The predicted octanol–water partition coefficient (Wildman–Crippen LogP) is 2.34. The Kier molecular flexibility index (Phi) is 4.64. The molecule has 1 atom stereocenters. The summed E-state index contributed by atoms with van der Waals surface area (Å²) < 4.78 is 3.53. The summed E-state index contributed by atoms with van der Waals surface area (Å²) in [5, 5.41) is 0.939. The molecule has 0 aliphatic heterocycles. The normalized spacial score (nSPS) is 13.4. The number of aryl methyl sites for hydroxylation is 1. The Morgan fingerprint density at radius 1 is 1.33 bits per heavy atom. The number of alkyl halides is 1. The molecule has 0 aliphatic carbocycles. The van der Waals surface area contributed by atoms with E-state index in [1.165, 1.54) is 0 Å². The van der Waals surface area contributed by atoms with Crippen LogP contribution in [0.25, 0.3) is 0 Å². The Bertz CT molecular complexity index is 354. The van der Waals surface area contributed by atoms with Crippen molar-refractivity contribution in [3.63, 3.8) is 0 Å². The molecule has 0 aliphatic rings. The van der Waals surface area contributed by atoms with E-state index in [0.717, 1.165) is 18.4 Å². The molecule has 0 amide bonds. The summed E-state index contributed by atoms with van der Waals surface area (Å²) in [6.07, 6.45) is 3.73. The number of halogens is 1. The molecule has 0 radical (unpaired) electrons. The van der Waals surface area contributed by atoms with E-state index >= 15 is 0 Å². The monoisotopic (exact) mass is 274 g/mol. The second kappa shape index (κ2) is 5.54. The molecule has 4 heteroatoms. The molecule has 1 aromatic rings. The average molecular weight is 275 g/mol. The van der Waals surface area contributed by atoms with Crippen molar-refractivity contribution in [1.82, 2.24) is 9.13 Å². The molecule has 1 rings (SSSR count). The van der Waals surface area contributed by atoms with Gasteiger partial charge in [0.25, 0.3) is 0 Å². The Labute approximate surface area is 99.2 Å². The number of hydrogen-bond donors (Lipinski definition) is 0. The fourth-order valence-electron chi connectivity index (χ4n) is 1.52. The molecule has 1 unspecified atom stereocenters. The molecule has 0 aromatic carbocycles. The lowest BCUT2D eigenvalue weighted by Gasteiger charge is -2.17. The standard InChI is InChI=1S/C11H19BrN2O/c1-4-13-5-6-14(11(13)15)8-10(7-12)9(2)3/h5-6,9-10H,4,7-8H2,1-3H3. The lowest BCUT2D eigenvalue weighted by molar-refractivity contribution is 0.367. The summed E-state index contributed by atoms with van der Waals surface area (Å²) >= 11 is 3.50. The summed E-state index contributed by atoms with van der Waals surface area (Å²) in [5.41, 5.74) is 0.101. The van der Waals surface area contributed by atoms with Crippen LogP contribution in [0.1, 0.15) is 20.8 Å². The largest absolute Gasteiger partial charge is 0.328 e. The number of rotatable bonds is 5. The van der Waals surface area contributed by atoms with Gasteiger partial charge in [0.05, 0.1) is 0 Å². The topological polar surface area (TPSA) is 26.9 Å². The second-order valence-corrected chi connectivity index (χ2v) is 4.82. The van der Waals surface area contributed by atoms with Crippen molar-refractivity contribution in [2.45, 2.75) is 33.9 Å². The average Bonchev–Trinajstić information content (AvgIpc) is 2.55. The van der Waals surface area contributed by atoms with Gasteiger partial charge in [-0.05, 0) is 18.8 Å². The molecule has 0 N–H and O–H groups in total. The second-order valence-electron chi connectivity index (χ2n) is 4.18. The Morgan fingerprint density at radius 3 is 2.33 bits per heavy atom. The van der Waals surface area contributed by atoms with E-state index in [1.807, 2.05) is 19.3 Å². The first-order chi connectivity index (χ1) is 7.10. The van der Waals surface area contributed by atoms with Crippen LogP contribution in [0.15, 0.2) is 17.2 Å². The van der Waals surface area contributed by atoms with E-state index in [2.05, 4.69) is 29.8 Å². The van der Waals surface area contributed by atoms with Gasteiger partial charge in [0.15, 0.2) is 0 Å². The van der Waals surface area contributed by atoms with Crippen molar-refractivity contribution in [1.29, 1.82) is 0 Å². The number of imidazole rings is 1. The molecule has 86 valence electrons. The third-order valence-corrected chi connectivity index (χ3v) is 3.66. The van der Waals surface area contributed by atoms with Crippen LogP contribution >= 0.6 is 15.9 Å². The van der Waals surface area contributed by atoms with E-state index in [0.29, 0.717) is 11.8 Å². The highest BCUT2D eigenvalue weighted by Crippen LogP contribution is 2.15. The molecule has 1 aromatic heterocycles. The van der Waals surface area contributed by atoms with Crippen molar-refractivity contribution in [2.24, 2.45) is 11.8 Å². The smallest absolute Gasteiger partial charge is 0.300 e. The Balaban J connectivity index is 2.80. The molecular formula is C11H19BrN2O. The van der Waals surface area contributed by atoms with Gasteiger partial charge in [0.1, 0.15) is 0 Å². The lowest BCUT2D eigenvalue weighted by Crippen LogP contribution is -2.28. The highest BCUT2D eigenvalue weighted by atomic mass is 79.9. The fraction of sp³-hybridized carbons (Fsp3) is 0.727. The first-order valence-electron chi connectivity index (χ1n) is 5.41. The van der Waals surface area contributed by atoms with Crippen LogP contribution in [0.5, 0.6) is 0 Å². The van der Waals surface area contributed by atoms with Gasteiger partial charge in [0, 0.05) is 30.8 Å².